The van der Waals surface area contributed by atoms with Crippen LogP contribution < -0.4 is 9.80 Å². The van der Waals surface area contributed by atoms with Crippen LogP contribution in [0.5, 0.6) is 0 Å². The van der Waals surface area contributed by atoms with E-state index >= 15 is 0 Å². The SMILES string of the molecule is C=C1c2ccccc2N2c3nc4ccccc4nc3N(c3ccccc3)C2C1(CC)CC. The summed E-state index contributed by atoms with van der Waals surface area (Å²) in [5.41, 5.74) is 6.39. The molecule has 1 atom stereocenters. The van der Waals surface area contributed by atoms with Crippen LogP contribution in [0, 0.1) is 5.41 Å². The number of rotatable bonds is 3. The average Bonchev–Trinajstić information content (AvgIpc) is 3.18. The first-order valence-corrected chi connectivity index (χ1v) is 11.4. The second-order valence-corrected chi connectivity index (χ2v) is 8.67. The van der Waals surface area contributed by atoms with Crippen molar-refractivity contribution >= 4 is 39.6 Å². The van der Waals surface area contributed by atoms with E-state index in [1.807, 2.05) is 24.3 Å². The summed E-state index contributed by atoms with van der Waals surface area (Å²) in [6.07, 6.45) is 1.98. The molecule has 0 aliphatic carbocycles. The Balaban J connectivity index is 1.73. The Labute approximate surface area is 188 Å². The Morgan fingerprint density at radius 1 is 0.750 bits per heavy atom. The van der Waals surface area contributed by atoms with Gasteiger partial charge in [-0.2, -0.15) is 0 Å². The molecule has 0 amide bonds. The van der Waals surface area contributed by atoms with Gasteiger partial charge in [-0.05, 0) is 48.7 Å². The van der Waals surface area contributed by atoms with Crippen LogP contribution in [0.4, 0.5) is 23.0 Å². The van der Waals surface area contributed by atoms with Crippen LogP contribution in [0.3, 0.4) is 0 Å². The first kappa shape index (κ1) is 19.1. The number of anilines is 4. The number of aromatic nitrogens is 2. The smallest absolute Gasteiger partial charge is 0.179 e. The maximum Gasteiger partial charge on any atom is 0.179 e. The molecule has 158 valence electrons. The summed E-state index contributed by atoms with van der Waals surface area (Å²) in [6.45, 7) is 9.23. The summed E-state index contributed by atoms with van der Waals surface area (Å²) in [4.78, 5) is 15.1. The van der Waals surface area contributed by atoms with E-state index < -0.39 is 0 Å². The molecular formula is C28H26N4. The van der Waals surface area contributed by atoms with Crippen LogP contribution in [0.15, 0.2) is 85.4 Å². The Morgan fingerprint density at radius 3 is 1.97 bits per heavy atom. The molecule has 0 N–H and O–H groups in total. The van der Waals surface area contributed by atoms with Gasteiger partial charge in [0.15, 0.2) is 11.6 Å². The minimum atomic E-state index is -0.140. The highest BCUT2D eigenvalue weighted by Gasteiger charge is 2.55. The molecule has 0 radical (unpaired) electrons. The van der Waals surface area contributed by atoms with Gasteiger partial charge < -0.3 is 9.80 Å². The largest absolute Gasteiger partial charge is 0.301 e. The Kier molecular flexibility index (Phi) is 4.12. The third kappa shape index (κ3) is 2.38. The number of nitrogens with zero attached hydrogens (tertiary/aromatic N) is 4. The molecule has 2 aliphatic rings. The van der Waals surface area contributed by atoms with Gasteiger partial charge in [0.2, 0.25) is 0 Å². The predicted octanol–water partition coefficient (Wildman–Crippen LogP) is 7.08. The zero-order valence-electron chi connectivity index (χ0n) is 18.5. The van der Waals surface area contributed by atoms with Crippen LogP contribution in [-0.2, 0) is 0 Å². The van der Waals surface area contributed by atoms with Crippen LogP contribution in [0.2, 0.25) is 0 Å². The summed E-state index contributed by atoms with van der Waals surface area (Å²) >= 11 is 0. The van der Waals surface area contributed by atoms with Gasteiger partial charge >= 0.3 is 0 Å². The van der Waals surface area contributed by atoms with Crippen LogP contribution in [-0.4, -0.2) is 16.1 Å². The fraction of sp³-hybridized carbons (Fsp3) is 0.214. The summed E-state index contributed by atoms with van der Waals surface area (Å²) in [6, 6.07) is 27.3. The number of para-hydroxylation sites is 4. The van der Waals surface area contributed by atoms with Gasteiger partial charge in [-0.25, -0.2) is 9.97 Å². The first-order valence-electron chi connectivity index (χ1n) is 11.4. The third-order valence-electron chi connectivity index (χ3n) is 7.36. The molecule has 3 heterocycles. The fourth-order valence-corrected chi connectivity index (χ4v) is 5.65. The van der Waals surface area contributed by atoms with Crippen molar-refractivity contribution in [2.75, 3.05) is 9.80 Å². The van der Waals surface area contributed by atoms with Gasteiger partial charge in [0.05, 0.1) is 16.7 Å². The van der Waals surface area contributed by atoms with Gasteiger partial charge in [0, 0.05) is 16.7 Å². The lowest BCUT2D eigenvalue weighted by atomic mass is 9.67. The molecule has 6 rings (SSSR count). The molecular weight excluding hydrogens is 392 g/mol. The van der Waals surface area contributed by atoms with Crippen molar-refractivity contribution in [2.24, 2.45) is 5.41 Å². The Hall–Kier alpha value is -3.66. The molecule has 0 bridgehead atoms. The minimum Gasteiger partial charge on any atom is -0.301 e. The predicted molar refractivity (Wildman–Crippen MR) is 133 cm³/mol. The summed E-state index contributed by atoms with van der Waals surface area (Å²) < 4.78 is 0. The highest BCUT2D eigenvalue weighted by atomic mass is 15.5. The fourth-order valence-electron chi connectivity index (χ4n) is 5.65. The highest BCUT2D eigenvalue weighted by molar-refractivity contribution is 5.96. The lowest BCUT2D eigenvalue weighted by Crippen LogP contribution is -2.54. The van der Waals surface area contributed by atoms with E-state index in [1.165, 1.54) is 11.1 Å². The molecule has 3 aromatic carbocycles. The quantitative estimate of drug-likeness (QED) is 0.356. The number of benzene rings is 3. The van der Waals surface area contributed by atoms with Crippen molar-refractivity contribution in [1.82, 2.24) is 9.97 Å². The molecule has 1 aromatic heterocycles. The summed E-state index contributed by atoms with van der Waals surface area (Å²) in [5, 5.41) is 0. The van der Waals surface area contributed by atoms with Crippen LogP contribution in [0.25, 0.3) is 16.6 Å². The average molecular weight is 419 g/mol. The maximum atomic E-state index is 5.17. The zero-order chi connectivity index (χ0) is 21.9. The van der Waals surface area contributed by atoms with E-state index in [9.17, 15) is 0 Å². The van der Waals surface area contributed by atoms with E-state index in [1.54, 1.807) is 0 Å². The molecule has 2 aliphatic heterocycles. The van der Waals surface area contributed by atoms with E-state index in [0.29, 0.717) is 0 Å². The standard InChI is InChI=1S/C28H26N4/c1-4-28(5-2)19(3)21-15-9-12-18-24(21)32-26-25(29-22-16-10-11-17-23(22)30-26)31(27(28)32)20-13-7-6-8-14-20/h6-18,27H,3-5H2,1-2H3. The molecule has 32 heavy (non-hydrogen) atoms. The zero-order valence-corrected chi connectivity index (χ0v) is 18.5. The van der Waals surface area contributed by atoms with E-state index in [2.05, 4.69) is 84.8 Å². The second-order valence-electron chi connectivity index (χ2n) is 8.67. The van der Waals surface area contributed by atoms with Crippen molar-refractivity contribution < 1.29 is 0 Å². The minimum absolute atomic E-state index is 0.0223. The Bertz CT molecular complexity index is 1340. The van der Waals surface area contributed by atoms with Gasteiger partial charge in [0.25, 0.3) is 0 Å². The molecule has 0 saturated heterocycles. The Morgan fingerprint density at radius 2 is 1.31 bits per heavy atom. The number of fused-ring (bicyclic) bond motifs is 6. The number of hydrogen-bond donors (Lipinski definition) is 0. The van der Waals surface area contributed by atoms with Gasteiger partial charge in [-0.15, -0.1) is 0 Å². The topological polar surface area (TPSA) is 32.3 Å². The first-order chi connectivity index (χ1) is 15.7. The van der Waals surface area contributed by atoms with Crippen molar-refractivity contribution in [3.8, 4) is 0 Å². The second kappa shape index (κ2) is 6.92. The lowest BCUT2D eigenvalue weighted by Gasteiger charge is -2.51. The lowest BCUT2D eigenvalue weighted by molar-refractivity contribution is 0.294. The monoisotopic (exact) mass is 418 g/mol. The summed E-state index contributed by atoms with van der Waals surface area (Å²) in [7, 11) is 0. The third-order valence-corrected chi connectivity index (χ3v) is 7.36. The highest BCUT2D eigenvalue weighted by Crippen LogP contribution is 2.61. The molecule has 4 aromatic rings. The van der Waals surface area contributed by atoms with Crippen LogP contribution >= 0.6 is 0 Å². The molecule has 0 saturated carbocycles. The molecule has 1 unspecified atom stereocenters. The van der Waals surface area contributed by atoms with Crippen molar-refractivity contribution in [1.29, 1.82) is 0 Å². The number of hydrogen-bond acceptors (Lipinski definition) is 4. The van der Waals surface area contributed by atoms with Gasteiger partial charge in [-0.3, -0.25) is 0 Å². The normalized spacial score (nSPS) is 18.4. The van der Waals surface area contributed by atoms with E-state index in [4.69, 9.17) is 9.97 Å². The summed E-state index contributed by atoms with van der Waals surface area (Å²) in [5.74, 6) is 1.83. The van der Waals surface area contributed by atoms with Gasteiger partial charge in [-0.1, -0.05) is 69.0 Å². The van der Waals surface area contributed by atoms with Gasteiger partial charge in [0.1, 0.15) is 6.17 Å². The molecule has 0 spiro atoms. The van der Waals surface area contributed by atoms with Crippen molar-refractivity contribution in [3.63, 3.8) is 0 Å². The van der Waals surface area contributed by atoms with Crippen LogP contribution in [0.1, 0.15) is 32.3 Å². The van der Waals surface area contributed by atoms with E-state index in [-0.39, 0.29) is 11.6 Å². The molecule has 0 fully saturated rings. The van der Waals surface area contributed by atoms with Crippen molar-refractivity contribution in [3.05, 3.63) is 91.0 Å². The maximum absolute atomic E-state index is 5.17. The molecule has 4 heteroatoms. The van der Waals surface area contributed by atoms with E-state index in [0.717, 1.165) is 46.9 Å². The van der Waals surface area contributed by atoms with Crippen molar-refractivity contribution in [2.45, 2.75) is 32.9 Å². The molecule has 4 nitrogen and oxygen atoms in total.